The predicted molar refractivity (Wildman–Crippen MR) is 151 cm³/mol. The lowest BCUT2D eigenvalue weighted by Crippen LogP contribution is -2.34. The molecule has 3 amide bonds. The SMILES string of the molecule is C[C@@H](C#N)Cn1cc(-c2cc(NC(=O)N3C[C@@H](O)c4cc(F)ccc43)c3c(c2)C(=O)N[C@H]3c2cc(F)ccc2Cl)cn1. The number of fused-ring (bicyclic) bond motifs is 2. The average molecular weight is 589 g/mol. The molecule has 6 rings (SSSR count). The summed E-state index contributed by atoms with van der Waals surface area (Å²) >= 11 is 6.41. The van der Waals surface area contributed by atoms with Crippen LogP contribution in [0.15, 0.2) is 60.9 Å². The number of urea groups is 1. The van der Waals surface area contributed by atoms with E-state index >= 15 is 0 Å². The third-order valence-corrected chi connectivity index (χ3v) is 7.73. The van der Waals surface area contributed by atoms with Crippen LogP contribution in [-0.4, -0.2) is 33.4 Å². The zero-order chi connectivity index (χ0) is 29.7. The molecule has 3 aromatic carbocycles. The lowest BCUT2D eigenvalue weighted by Gasteiger charge is -2.22. The van der Waals surface area contributed by atoms with Crippen LogP contribution in [0.1, 0.15) is 46.1 Å². The van der Waals surface area contributed by atoms with Crippen LogP contribution in [0.3, 0.4) is 0 Å². The van der Waals surface area contributed by atoms with Crippen molar-refractivity contribution in [3.8, 4) is 17.2 Å². The van der Waals surface area contributed by atoms with E-state index in [1.54, 1.807) is 36.1 Å². The number of nitrogens with zero attached hydrogens (tertiary/aromatic N) is 4. The Balaban J connectivity index is 1.44. The van der Waals surface area contributed by atoms with Crippen molar-refractivity contribution in [1.82, 2.24) is 15.1 Å². The first kappa shape index (κ1) is 27.4. The van der Waals surface area contributed by atoms with Gasteiger partial charge in [-0.25, -0.2) is 13.6 Å². The molecule has 2 aliphatic rings. The van der Waals surface area contributed by atoms with Crippen LogP contribution in [-0.2, 0) is 6.54 Å². The Labute approximate surface area is 243 Å². The third-order valence-electron chi connectivity index (χ3n) is 7.39. The van der Waals surface area contributed by atoms with Gasteiger partial charge in [-0.15, -0.1) is 0 Å². The topological polar surface area (TPSA) is 123 Å². The maximum atomic E-state index is 14.3. The highest BCUT2D eigenvalue weighted by atomic mass is 35.5. The summed E-state index contributed by atoms with van der Waals surface area (Å²) in [5, 5.41) is 29.9. The second-order valence-electron chi connectivity index (χ2n) is 10.3. The molecule has 3 atom stereocenters. The van der Waals surface area contributed by atoms with Gasteiger partial charge in [-0.3, -0.25) is 14.4 Å². The summed E-state index contributed by atoms with van der Waals surface area (Å²) < 4.78 is 29.7. The molecular formula is C30H23ClF2N6O3. The van der Waals surface area contributed by atoms with E-state index < -0.39 is 35.7 Å². The van der Waals surface area contributed by atoms with Gasteiger partial charge in [-0.05, 0) is 61.0 Å². The normalized spacial score (nSPS) is 17.8. The number of nitriles is 1. The van der Waals surface area contributed by atoms with Crippen LogP contribution in [0.25, 0.3) is 11.1 Å². The Morgan fingerprint density at radius 1 is 1.19 bits per heavy atom. The van der Waals surface area contributed by atoms with Crippen molar-refractivity contribution in [2.75, 3.05) is 16.8 Å². The zero-order valence-electron chi connectivity index (χ0n) is 22.1. The fraction of sp³-hybridized carbons (Fsp3) is 0.200. The number of hydrogen-bond donors (Lipinski definition) is 3. The van der Waals surface area contributed by atoms with Crippen molar-refractivity contribution in [2.45, 2.75) is 25.6 Å². The molecule has 0 unspecified atom stereocenters. The third kappa shape index (κ3) is 4.85. The minimum atomic E-state index is -1.08. The highest BCUT2D eigenvalue weighted by molar-refractivity contribution is 6.31. The van der Waals surface area contributed by atoms with E-state index in [4.69, 9.17) is 16.9 Å². The molecule has 0 spiro atoms. The highest BCUT2D eigenvalue weighted by Gasteiger charge is 2.37. The van der Waals surface area contributed by atoms with Crippen LogP contribution in [0.2, 0.25) is 5.02 Å². The van der Waals surface area contributed by atoms with Gasteiger partial charge in [-0.2, -0.15) is 10.4 Å². The number of aliphatic hydroxyl groups is 1. The number of aromatic nitrogens is 2. The highest BCUT2D eigenvalue weighted by Crippen LogP contribution is 2.42. The van der Waals surface area contributed by atoms with E-state index in [1.165, 1.54) is 41.3 Å². The van der Waals surface area contributed by atoms with E-state index in [0.717, 1.165) is 0 Å². The lowest BCUT2D eigenvalue weighted by molar-refractivity contribution is 0.0960. The summed E-state index contributed by atoms with van der Waals surface area (Å²) in [6, 6.07) is 11.6. The van der Waals surface area contributed by atoms with Crippen molar-refractivity contribution in [3.05, 3.63) is 99.8 Å². The maximum absolute atomic E-state index is 14.3. The van der Waals surface area contributed by atoms with Crippen molar-refractivity contribution < 1.29 is 23.5 Å². The summed E-state index contributed by atoms with van der Waals surface area (Å²) in [4.78, 5) is 28.2. The van der Waals surface area contributed by atoms with Crippen LogP contribution < -0.4 is 15.5 Å². The van der Waals surface area contributed by atoms with Gasteiger partial charge in [0.2, 0.25) is 0 Å². The maximum Gasteiger partial charge on any atom is 0.326 e. The molecule has 1 aromatic heterocycles. The molecule has 3 N–H and O–H groups in total. The molecule has 0 fully saturated rings. The fourth-order valence-electron chi connectivity index (χ4n) is 5.39. The molecule has 0 aliphatic carbocycles. The molecule has 0 saturated carbocycles. The summed E-state index contributed by atoms with van der Waals surface area (Å²) in [7, 11) is 0. The van der Waals surface area contributed by atoms with Gasteiger partial charge in [0.15, 0.2) is 0 Å². The number of carbonyl (C=O) groups excluding carboxylic acids is 2. The van der Waals surface area contributed by atoms with Crippen molar-refractivity contribution in [2.24, 2.45) is 5.92 Å². The Morgan fingerprint density at radius 3 is 2.69 bits per heavy atom. The Hall–Kier alpha value is -4.79. The van der Waals surface area contributed by atoms with Gasteiger partial charge in [0.05, 0.1) is 49.1 Å². The lowest BCUT2D eigenvalue weighted by atomic mass is 9.93. The average Bonchev–Trinajstić information content (AvgIpc) is 3.66. The van der Waals surface area contributed by atoms with Gasteiger partial charge in [-0.1, -0.05) is 11.6 Å². The first-order valence-electron chi connectivity index (χ1n) is 13.0. The largest absolute Gasteiger partial charge is 0.386 e. The smallest absolute Gasteiger partial charge is 0.326 e. The number of nitrogens with one attached hydrogen (secondary N) is 2. The van der Waals surface area contributed by atoms with Gasteiger partial charge in [0.25, 0.3) is 5.91 Å². The molecule has 9 nitrogen and oxygen atoms in total. The molecule has 2 aliphatic heterocycles. The predicted octanol–water partition coefficient (Wildman–Crippen LogP) is 5.56. The second-order valence-corrected chi connectivity index (χ2v) is 10.7. The molecule has 212 valence electrons. The van der Waals surface area contributed by atoms with Crippen LogP contribution in [0.4, 0.5) is 25.0 Å². The Bertz CT molecular complexity index is 1800. The number of aliphatic hydroxyl groups excluding tert-OH is 1. The summed E-state index contributed by atoms with van der Waals surface area (Å²) in [5.74, 6) is -1.81. The van der Waals surface area contributed by atoms with Gasteiger partial charge >= 0.3 is 6.03 Å². The van der Waals surface area contributed by atoms with E-state index in [-0.39, 0.29) is 34.3 Å². The van der Waals surface area contributed by atoms with Crippen molar-refractivity contribution in [3.63, 3.8) is 0 Å². The molecule has 3 heterocycles. The molecule has 0 radical (unpaired) electrons. The number of rotatable bonds is 5. The summed E-state index contributed by atoms with van der Waals surface area (Å²) in [6.07, 6.45) is 2.24. The number of carbonyl (C=O) groups is 2. The number of hydrogen-bond acceptors (Lipinski definition) is 5. The second kappa shape index (κ2) is 10.6. The van der Waals surface area contributed by atoms with Crippen LogP contribution in [0, 0.1) is 28.9 Å². The number of halogens is 3. The quantitative estimate of drug-likeness (QED) is 0.282. The number of anilines is 2. The molecular weight excluding hydrogens is 566 g/mol. The number of amides is 3. The molecule has 0 saturated heterocycles. The minimum absolute atomic E-state index is 0.104. The standard InChI is InChI=1S/C30H23ClF2N6O3/c1-15(10-34)12-38-13-17(11-35-38)16-6-22-27(28(37-29(22)41)20-8-18(32)2-4-23(20)31)24(7-16)36-30(42)39-14-26(40)21-9-19(33)3-5-25(21)39/h2-9,11,13,15,26,28,40H,12,14H2,1H3,(H,36,42)(H,37,41)/t15-,26+,28-/m0/s1. The van der Waals surface area contributed by atoms with Crippen molar-refractivity contribution >= 4 is 34.9 Å². The summed E-state index contributed by atoms with van der Waals surface area (Å²) in [6.45, 7) is 2.03. The summed E-state index contributed by atoms with van der Waals surface area (Å²) in [5.41, 5.74) is 3.01. The fourth-order valence-corrected chi connectivity index (χ4v) is 5.62. The number of β-amino-alcohol motifs (C(OH)–C–C–N with tert-alkyl or cyclic N) is 1. The molecule has 42 heavy (non-hydrogen) atoms. The van der Waals surface area contributed by atoms with Crippen LogP contribution in [0.5, 0.6) is 0 Å². The van der Waals surface area contributed by atoms with E-state index in [9.17, 15) is 23.5 Å². The van der Waals surface area contributed by atoms with Gasteiger partial charge in [0.1, 0.15) is 11.6 Å². The van der Waals surface area contributed by atoms with Gasteiger partial charge in [0, 0.05) is 44.7 Å². The number of benzene rings is 3. The van der Waals surface area contributed by atoms with Crippen molar-refractivity contribution in [1.29, 1.82) is 5.26 Å². The van der Waals surface area contributed by atoms with Gasteiger partial charge < -0.3 is 15.7 Å². The Morgan fingerprint density at radius 2 is 1.93 bits per heavy atom. The van der Waals surface area contributed by atoms with E-state index in [1.807, 2.05) is 0 Å². The Kier molecular flexibility index (Phi) is 6.88. The zero-order valence-corrected chi connectivity index (χ0v) is 22.9. The first-order chi connectivity index (χ1) is 20.1. The molecule has 0 bridgehead atoms. The van der Waals surface area contributed by atoms with Crippen LogP contribution >= 0.6 is 11.6 Å². The molecule has 4 aromatic rings. The minimum Gasteiger partial charge on any atom is -0.386 e. The monoisotopic (exact) mass is 588 g/mol. The first-order valence-corrected chi connectivity index (χ1v) is 13.4. The molecule has 12 heteroatoms. The van der Waals surface area contributed by atoms with E-state index in [2.05, 4.69) is 21.8 Å². The van der Waals surface area contributed by atoms with E-state index in [0.29, 0.717) is 34.5 Å².